The van der Waals surface area contributed by atoms with Gasteiger partial charge in [-0.05, 0) is 49.8 Å². The lowest BCUT2D eigenvalue weighted by Crippen LogP contribution is -2.65. The van der Waals surface area contributed by atoms with Gasteiger partial charge in [-0.3, -0.25) is 9.78 Å². The number of ether oxygens (including phenoxy) is 1. The molecule has 3 aromatic heterocycles. The van der Waals surface area contributed by atoms with E-state index in [1.165, 1.54) is 6.92 Å². The number of nitrogens with one attached hydrogen (secondary N) is 1. The lowest BCUT2D eigenvalue weighted by molar-refractivity contribution is -0.142. The number of amides is 1. The Labute approximate surface area is 198 Å². The summed E-state index contributed by atoms with van der Waals surface area (Å²) in [7, 11) is 0. The summed E-state index contributed by atoms with van der Waals surface area (Å²) < 4.78 is 61.5. The van der Waals surface area contributed by atoms with Crippen molar-refractivity contribution < 1.29 is 32.2 Å². The van der Waals surface area contributed by atoms with E-state index in [1.807, 2.05) is 6.20 Å². The fourth-order valence-corrected chi connectivity index (χ4v) is 4.79. The van der Waals surface area contributed by atoms with Crippen LogP contribution in [0.5, 0.6) is 0 Å². The van der Waals surface area contributed by atoms with Crippen LogP contribution in [0, 0.1) is 12.7 Å². The second kappa shape index (κ2) is 7.99. The molecule has 1 amide bonds. The summed E-state index contributed by atoms with van der Waals surface area (Å²) in [4.78, 5) is 21.8. The number of halogens is 4. The van der Waals surface area contributed by atoms with E-state index in [1.54, 1.807) is 23.7 Å². The van der Waals surface area contributed by atoms with E-state index < -0.39 is 40.3 Å². The van der Waals surface area contributed by atoms with Gasteiger partial charge >= 0.3 is 6.18 Å². The molecule has 7 nitrogen and oxygen atoms in total. The summed E-state index contributed by atoms with van der Waals surface area (Å²) in [5.74, 6) is -1.48. The molecular formula is C24H24F4N4O3. The van der Waals surface area contributed by atoms with Gasteiger partial charge in [-0.2, -0.15) is 13.2 Å². The Hall–Kier alpha value is -3.05. The molecule has 0 unspecified atom stereocenters. The van der Waals surface area contributed by atoms with Crippen molar-refractivity contribution in [3.63, 3.8) is 0 Å². The molecule has 1 aliphatic carbocycles. The molecule has 2 aliphatic rings. The van der Waals surface area contributed by atoms with Crippen LogP contribution in [-0.2, 0) is 16.5 Å². The highest BCUT2D eigenvalue weighted by Gasteiger charge is 2.55. The highest BCUT2D eigenvalue weighted by Crippen LogP contribution is 2.42. The van der Waals surface area contributed by atoms with E-state index >= 15 is 4.39 Å². The molecule has 1 aliphatic heterocycles. The number of hydrogen-bond donors (Lipinski definition) is 2. The van der Waals surface area contributed by atoms with Crippen LogP contribution >= 0.6 is 0 Å². The van der Waals surface area contributed by atoms with Crippen molar-refractivity contribution in [1.29, 1.82) is 0 Å². The maximum atomic E-state index is 15.1. The van der Waals surface area contributed by atoms with Gasteiger partial charge in [-0.25, -0.2) is 9.37 Å². The smallest absolute Gasteiger partial charge is 0.385 e. The quantitative estimate of drug-likeness (QED) is 0.540. The largest absolute Gasteiger partial charge is 0.417 e. The third-order valence-corrected chi connectivity index (χ3v) is 6.92. The SMILES string of the molecule is Cc1cn2cc(C3CC3)cnc2c1C(=O)N[C@@]1(c2ncc(C(F)(F)F)cc2F)CCOC[C@]1(C)O. The number of rotatable bonds is 4. The number of pyridine rings is 1. The lowest BCUT2D eigenvalue weighted by atomic mass is 9.74. The monoisotopic (exact) mass is 492 g/mol. The Kier molecular flexibility index (Phi) is 5.41. The molecule has 0 bridgehead atoms. The number of fused-ring (bicyclic) bond motifs is 1. The summed E-state index contributed by atoms with van der Waals surface area (Å²) in [5, 5.41) is 14.0. The molecule has 11 heteroatoms. The first-order valence-corrected chi connectivity index (χ1v) is 11.3. The third-order valence-electron chi connectivity index (χ3n) is 6.92. The summed E-state index contributed by atoms with van der Waals surface area (Å²) in [5.41, 5.74) is -3.19. The van der Waals surface area contributed by atoms with Gasteiger partial charge in [0.15, 0.2) is 0 Å². The minimum Gasteiger partial charge on any atom is -0.385 e. The first kappa shape index (κ1) is 23.7. The van der Waals surface area contributed by atoms with E-state index in [-0.39, 0.29) is 25.2 Å². The van der Waals surface area contributed by atoms with Crippen LogP contribution < -0.4 is 5.32 Å². The molecule has 35 heavy (non-hydrogen) atoms. The van der Waals surface area contributed by atoms with Gasteiger partial charge in [0, 0.05) is 37.8 Å². The molecule has 0 spiro atoms. The Balaban J connectivity index is 1.58. The Morgan fingerprint density at radius 3 is 2.63 bits per heavy atom. The van der Waals surface area contributed by atoms with Crippen molar-refractivity contribution in [1.82, 2.24) is 19.7 Å². The van der Waals surface area contributed by atoms with Gasteiger partial charge in [0.25, 0.3) is 5.91 Å². The number of nitrogens with zero attached hydrogens (tertiary/aromatic N) is 3. The molecule has 1 saturated carbocycles. The van der Waals surface area contributed by atoms with E-state index in [2.05, 4.69) is 15.3 Å². The molecule has 2 fully saturated rings. The fourth-order valence-electron chi connectivity index (χ4n) is 4.79. The topological polar surface area (TPSA) is 88.8 Å². The zero-order chi connectivity index (χ0) is 25.2. The van der Waals surface area contributed by atoms with Gasteiger partial charge in [0.1, 0.15) is 28.3 Å². The van der Waals surface area contributed by atoms with Crippen molar-refractivity contribution >= 4 is 11.6 Å². The van der Waals surface area contributed by atoms with Crippen LogP contribution in [0.15, 0.2) is 30.9 Å². The first-order valence-electron chi connectivity index (χ1n) is 11.3. The molecule has 4 heterocycles. The molecular weight excluding hydrogens is 468 g/mol. The van der Waals surface area contributed by atoms with Crippen molar-refractivity contribution in [2.75, 3.05) is 13.2 Å². The number of aliphatic hydroxyl groups is 1. The molecule has 0 radical (unpaired) electrons. The Morgan fingerprint density at radius 1 is 1.26 bits per heavy atom. The number of aromatic nitrogens is 3. The van der Waals surface area contributed by atoms with Crippen molar-refractivity contribution in [2.24, 2.45) is 0 Å². The summed E-state index contributed by atoms with van der Waals surface area (Å²) in [6.07, 6.45) is 3.17. The molecule has 3 aromatic rings. The predicted octanol–water partition coefficient (Wildman–Crippen LogP) is 3.87. The number of carbonyl (C=O) groups excluding carboxylic acids is 1. The lowest BCUT2D eigenvalue weighted by Gasteiger charge is -2.48. The summed E-state index contributed by atoms with van der Waals surface area (Å²) in [6, 6.07) is 0.321. The van der Waals surface area contributed by atoms with Crippen LogP contribution in [0.4, 0.5) is 17.6 Å². The normalized spacial score (nSPS) is 25.1. The van der Waals surface area contributed by atoms with Crippen LogP contribution in [0.3, 0.4) is 0 Å². The summed E-state index contributed by atoms with van der Waals surface area (Å²) >= 11 is 0. The second-order valence-electron chi connectivity index (χ2n) is 9.57. The Morgan fingerprint density at radius 2 is 2.00 bits per heavy atom. The first-order chi connectivity index (χ1) is 16.4. The van der Waals surface area contributed by atoms with Crippen molar-refractivity contribution in [3.05, 3.63) is 64.6 Å². The highest BCUT2D eigenvalue weighted by molar-refractivity contribution is 6.02. The molecule has 5 rings (SSSR count). The van der Waals surface area contributed by atoms with Gasteiger partial charge in [0.05, 0.1) is 17.7 Å². The van der Waals surface area contributed by atoms with Gasteiger partial charge in [-0.15, -0.1) is 0 Å². The fraction of sp³-hybridized carbons (Fsp3) is 0.458. The van der Waals surface area contributed by atoms with Crippen LogP contribution in [0.25, 0.3) is 5.65 Å². The number of hydrogen-bond acceptors (Lipinski definition) is 5. The standard InChI is InChI=1S/C24H24F4N4O3/c1-13-10-32-11-15(14-3-4-14)8-30-20(32)18(13)21(33)31-23(5-6-35-12-22(23,2)34)19-17(25)7-16(9-29-19)24(26,27)28/h7-11,14,34H,3-6,12H2,1-2H3,(H,31,33)/t22-,23+/m0/s1. The molecule has 2 atom stereocenters. The summed E-state index contributed by atoms with van der Waals surface area (Å²) in [6.45, 7) is 2.80. The van der Waals surface area contributed by atoms with Crippen molar-refractivity contribution in [3.8, 4) is 0 Å². The van der Waals surface area contributed by atoms with Gasteiger partial charge in [0.2, 0.25) is 0 Å². The minimum absolute atomic E-state index is 0.0249. The zero-order valence-corrected chi connectivity index (χ0v) is 19.1. The third kappa shape index (κ3) is 3.96. The average Bonchev–Trinajstić information content (AvgIpc) is 3.56. The number of alkyl halides is 3. The number of aryl methyl sites for hydroxylation is 1. The van der Waals surface area contributed by atoms with E-state index in [9.17, 15) is 23.1 Å². The second-order valence-corrected chi connectivity index (χ2v) is 9.57. The van der Waals surface area contributed by atoms with Crippen LogP contribution in [-0.4, -0.2) is 44.2 Å². The number of carbonyl (C=O) groups is 1. The molecule has 0 aromatic carbocycles. The maximum absolute atomic E-state index is 15.1. The molecule has 2 N–H and O–H groups in total. The van der Waals surface area contributed by atoms with Crippen molar-refractivity contribution in [2.45, 2.75) is 56.3 Å². The molecule has 186 valence electrons. The van der Waals surface area contributed by atoms with E-state index in [4.69, 9.17) is 4.74 Å². The maximum Gasteiger partial charge on any atom is 0.417 e. The highest BCUT2D eigenvalue weighted by atomic mass is 19.4. The molecule has 1 saturated heterocycles. The van der Waals surface area contributed by atoms with E-state index in [0.29, 0.717) is 29.4 Å². The van der Waals surface area contributed by atoms with E-state index in [0.717, 1.165) is 18.4 Å². The van der Waals surface area contributed by atoms with Crippen LogP contribution in [0.2, 0.25) is 0 Å². The van der Waals surface area contributed by atoms with Crippen LogP contribution in [0.1, 0.15) is 64.8 Å². The van der Waals surface area contributed by atoms with Gasteiger partial charge in [-0.1, -0.05) is 0 Å². The average molecular weight is 492 g/mol. The minimum atomic E-state index is -4.80. The zero-order valence-electron chi connectivity index (χ0n) is 19.1. The van der Waals surface area contributed by atoms with Gasteiger partial charge < -0.3 is 19.6 Å². The Bertz CT molecular complexity index is 1320. The predicted molar refractivity (Wildman–Crippen MR) is 116 cm³/mol.